The van der Waals surface area contributed by atoms with E-state index in [1.165, 1.54) is 0 Å². The Kier molecular flexibility index (Phi) is 17.1. The highest BCUT2D eigenvalue weighted by Gasteiger charge is 2.47. The van der Waals surface area contributed by atoms with Crippen molar-refractivity contribution in [1.82, 2.24) is 0 Å². The molecular formula is C26H50O17. The van der Waals surface area contributed by atoms with Gasteiger partial charge in [-0.1, -0.05) is 26.7 Å². The summed E-state index contributed by atoms with van der Waals surface area (Å²) in [6.07, 6.45) is -16.6. The number of ether oxygens (including phenoxy) is 6. The molecule has 0 bridgehead atoms. The van der Waals surface area contributed by atoms with Gasteiger partial charge in [0, 0.05) is 13.2 Å². The van der Waals surface area contributed by atoms with E-state index in [0.29, 0.717) is 13.2 Å². The lowest BCUT2D eigenvalue weighted by molar-refractivity contribution is -0.331. The number of unbranched alkanes of at least 4 members (excludes halogenated alkanes) is 2. The summed E-state index contributed by atoms with van der Waals surface area (Å²) in [5, 5.41) is 106. The lowest BCUT2D eigenvalue weighted by atomic mass is 9.98. The molecule has 3 aliphatic heterocycles. The predicted octanol–water partition coefficient (Wildman–Crippen LogP) is -4.97. The van der Waals surface area contributed by atoms with Gasteiger partial charge in [0.15, 0.2) is 18.9 Å². The molecule has 0 aromatic heterocycles. The zero-order chi connectivity index (χ0) is 32.3. The molecule has 0 radical (unpaired) electrons. The van der Waals surface area contributed by atoms with Crippen LogP contribution in [0.4, 0.5) is 0 Å². The van der Waals surface area contributed by atoms with Crippen LogP contribution in [0, 0.1) is 0 Å². The molecule has 0 spiro atoms. The topological polar surface area (TPSA) is 278 Å². The lowest BCUT2D eigenvalue weighted by Crippen LogP contribution is -2.61. The predicted molar refractivity (Wildman–Crippen MR) is 142 cm³/mol. The van der Waals surface area contributed by atoms with Gasteiger partial charge in [-0.2, -0.15) is 0 Å². The molecule has 3 rings (SSSR count). The Morgan fingerprint density at radius 2 is 0.767 bits per heavy atom. The van der Waals surface area contributed by atoms with Gasteiger partial charge in [-0.15, -0.1) is 0 Å². The molecule has 0 saturated carbocycles. The Bertz CT molecular complexity index is 746. The maximum absolute atomic E-state index is 10.1. The largest absolute Gasteiger partial charge is 0.394 e. The van der Waals surface area contributed by atoms with Crippen LogP contribution < -0.4 is 0 Å². The van der Waals surface area contributed by atoms with Crippen molar-refractivity contribution < 1.29 is 84.6 Å². The highest BCUT2D eigenvalue weighted by molar-refractivity contribution is 4.92. The Balaban J connectivity index is 0.000000344. The fourth-order valence-corrected chi connectivity index (χ4v) is 4.48. The van der Waals surface area contributed by atoms with Gasteiger partial charge in [0.2, 0.25) is 0 Å². The smallest absolute Gasteiger partial charge is 0.186 e. The summed E-state index contributed by atoms with van der Waals surface area (Å²) in [5.74, 6) is 0. The molecule has 11 N–H and O–H groups in total. The van der Waals surface area contributed by atoms with E-state index in [4.69, 9.17) is 38.6 Å². The third kappa shape index (κ3) is 10.4. The van der Waals surface area contributed by atoms with Crippen LogP contribution in [0.3, 0.4) is 0 Å². The molecule has 0 aromatic rings. The van der Waals surface area contributed by atoms with Crippen LogP contribution in [0.2, 0.25) is 0 Å². The summed E-state index contributed by atoms with van der Waals surface area (Å²) < 4.78 is 31.7. The summed E-state index contributed by atoms with van der Waals surface area (Å²) in [5.41, 5.74) is 0. The molecule has 0 aliphatic carbocycles. The van der Waals surface area contributed by atoms with Crippen molar-refractivity contribution in [3.8, 4) is 0 Å². The van der Waals surface area contributed by atoms with Crippen LogP contribution in [0.15, 0.2) is 0 Å². The van der Waals surface area contributed by atoms with E-state index in [2.05, 4.69) is 0 Å². The molecule has 15 atom stereocenters. The normalized spacial score (nSPS) is 43.6. The van der Waals surface area contributed by atoms with Crippen LogP contribution in [0.1, 0.15) is 39.5 Å². The van der Waals surface area contributed by atoms with Gasteiger partial charge in [0.25, 0.3) is 0 Å². The first-order valence-electron chi connectivity index (χ1n) is 14.6. The van der Waals surface area contributed by atoms with Gasteiger partial charge < -0.3 is 84.6 Å². The summed E-state index contributed by atoms with van der Waals surface area (Å²) in [7, 11) is 0. The minimum atomic E-state index is -1.60. The van der Waals surface area contributed by atoms with E-state index < -0.39 is 105 Å². The highest BCUT2D eigenvalue weighted by atomic mass is 16.7. The summed E-state index contributed by atoms with van der Waals surface area (Å²) in [4.78, 5) is 0. The van der Waals surface area contributed by atoms with Gasteiger partial charge in [0.1, 0.15) is 73.2 Å². The molecule has 3 fully saturated rings. The van der Waals surface area contributed by atoms with E-state index in [9.17, 15) is 46.0 Å². The standard InChI is InChI=1S/C16H30O11.C10H20O6/c1-2-3-4-24-15-13(22)12(21)10(19)8(27-15)6-25-16-14(23)11(20)9(18)7(5-17)26-16;1-2-3-4-15-10-9(14)8(13)7(12)6(5-11)16-10/h7-23H,2-6H2,1H3;6-14H,2-5H2,1H3. The van der Waals surface area contributed by atoms with Crippen LogP contribution in [0.25, 0.3) is 0 Å². The second kappa shape index (κ2) is 19.1. The Hall–Kier alpha value is -0.680. The number of hydrogen-bond acceptors (Lipinski definition) is 17. The second-order valence-electron chi connectivity index (χ2n) is 10.7. The van der Waals surface area contributed by atoms with Crippen molar-refractivity contribution in [2.45, 2.75) is 132 Å². The maximum Gasteiger partial charge on any atom is 0.186 e. The van der Waals surface area contributed by atoms with Crippen molar-refractivity contribution in [3.05, 3.63) is 0 Å². The zero-order valence-corrected chi connectivity index (χ0v) is 24.4. The quantitative estimate of drug-likeness (QED) is 0.0846. The highest BCUT2D eigenvalue weighted by Crippen LogP contribution is 2.26. The second-order valence-corrected chi connectivity index (χ2v) is 10.7. The first-order valence-corrected chi connectivity index (χ1v) is 14.6. The third-order valence-corrected chi connectivity index (χ3v) is 7.35. The Morgan fingerprint density at radius 3 is 1.12 bits per heavy atom. The van der Waals surface area contributed by atoms with Crippen molar-refractivity contribution in [3.63, 3.8) is 0 Å². The van der Waals surface area contributed by atoms with Gasteiger partial charge >= 0.3 is 0 Å². The van der Waals surface area contributed by atoms with Crippen molar-refractivity contribution in [2.75, 3.05) is 33.0 Å². The first kappa shape index (κ1) is 38.5. The number of aliphatic hydroxyl groups excluding tert-OH is 11. The average Bonchev–Trinajstić information content (AvgIpc) is 3.00. The van der Waals surface area contributed by atoms with Crippen LogP contribution in [-0.4, -0.2) is 181 Å². The fourth-order valence-electron chi connectivity index (χ4n) is 4.48. The van der Waals surface area contributed by atoms with E-state index in [1.54, 1.807) is 0 Å². The van der Waals surface area contributed by atoms with Gasteiger partial charge in [-0.05, 0) is 12.8 Å². The van der Waals surface area contributed by atoms with Crippen LogP contribution in [-0.2, 0) is 28.4 Å². The number of rotatable bonds is 13. The van der Waals surface area contributed by atoms with Crippen molar-refractivity contribution in [2.24, 2.45) is 0 Å². The zero-order valence-electron chi connectivity index (χ0n) is 24.4. The molecule has 3 saturated heterocycles. The number of hydrogen-bond donors (Lipinski definition) is 11. The molecule has 0 amide bonds. The molecule has 0 aromatic carbocycles. The molecule has 3 heterocycles. The molecular weight excluding hydrogens is 584 g/mol. The number of aliphatic hydroxyl groups is 11. The minimum absolute atomic E-state index is 0.293. The molecule has 15 unspecified atom stereocenters. The van der Waals surface area contributed by atoms with Gasteiger partial charge in [-0.3, -0.25) is 0 Å². The van der Waals surface area contributed by atoms with E-state index >= 15 is 0 Å². The fraction of sp³-hybridized carbons (Fsp3) is 1.00. The molecule has 17 heteroatoms. The monoisotopic (exact) mass is 634 g/mol. The molecule has 3 aliphatic rings. The van der Waals surface area contributed by atoms with Crippen LogP contribution in [0.5, 0.6) is 0 Å². The molecule has 17 nitrogen and oxygen atoms in total. The van der Waals surface area contributed by atoms with Gasteiger partial charge in [0.05, 0.1) is 19.8 Å². The average molecular weight is 635 g/mol. The molecule has 43 heavy (non-hydrogen) atoms. The first-order chi connectivity index (χ1) is 20.4. The van der Waals surface area contributed by atoms with Crippen LogP contribution >= 0.6 is 0 Å². The SMILES string of the molecule is CCCCOC1OC(CO)C(O)C(O)C1O.CCCCOC1OC(COC2OC(CO)C(O)C(O)C2O)C(O)C(O)C1O. The summed E-state index contributed by atoms with van der Waals surface area (Å²) in [6, 6.07) is 0. The van der Waals surface area contributed by atoms with Crippen molar-refractivity contribution in [1.29, 1.82) is 0 Å². The van der Waals surface area contributed by atoms with E-state index in [0.717, 1.165) is 25.7 Å². The summed E-state index contributed by atoms with van der Waals surface area (Å²) in [6.45, 7) is 3.24. The van der Waals surface area contributed by atoms with E-state index in [-0.39, 0.29) is 6.61 Å². The molecule has 256 valence electrons. The minimum Gasteiger partial charge on any atom is -0.394 e. The lowest BCUT2D eigenvalue weighted by Gasteiger charge is -2.42. The Labute approximate surface area is 249 Å². The van der Waals surface area contributed by atoms with E-state index in [1.807, 2.05) is 13.8 Å². The Morgan fingerprint density at radius 1 is 0.442 bits per heavy atom. The maximum atomic E-state index is 10.1. The third-order valence-electron chi connectivity index (χ3n) is 7.35. The van der Waals surface area contributed by atoms with Crippen molar-refractivity contribution >= 4 is 0 Å². The van der Waals surface area contributed by atoms with Gasteiger partial charge in [-0.25, -0.2) is 0 Å². The summed E-state index contributed by atoms with van der Waals surface area (Å²) >= 11 is 0.